The number of aryl methyl sites for hydroxylation is 2. The number of carbonyl (C=O) groups is 3. The number of nitrogens with zero attached hydrogens (tertiary/aromatic N) is 6. The summed E-state index contributed by atoms with van der Waals surface area (Å²) in [6.45, 7) is 4.51. The molecule has 0 spiro atoms. The molecule has 18 nitrogen and oxygen atoms in total. The Morgan fingerprint density at radius 3 is 2.30 bits per heavy atom. The highest BCUT2D eigenvalue weighted by Crippen LogP contribution is 2.41. The van der Waals surface area contributed by atoms with Gasteiger partial charge in [-0.25, -0.2) is 31.9 Å². The average Bonchev–Trinajstić information content (AvgIpc) is 3.55. The number of esters is 1. The second-order valence-electron chi connectivity index (χ2n) is 13.3. The molecule has 3 heterocycles. The Labute approximate surface area is 402 Å². The molecule has 3 aromatic carbocycles. The maximum Gasteiger partial charge on any atom is 0.434 e. The second kappa shape index (κ2) is 23.6. The first-order chi connectivity index (χ1) is 31.5. The van der Waals surface area contributed by atoms with E-state index in [4.69, 9.17) is 58.9 Å². The average molecular weight is 1080 g/mol. The second-order valence-corrected chi connectivity index (χ2v) is 16.9. The number of anilines is 1. The number of para-hydroxylation sites is 1. The number of aliphatic carboxylic acids is 1. The molecule has 27 heteroatoms. The summed E-state index contributed by atoms with van der Waals surface area (Å²) in [5, 5.41) is 15.5. The minimum Gasteiger partial charge on any atom is -0.491 e. The van der Waals surface area contributed by atoms with Crippen LogP contribution in [0.5, 0.6) is 17.5 Å². The zero-order valence-electron chi connectivity index (χ0n) is 35.3. The normalized spacial score (nSPS) is 11.1. The molecule has 0 aliphatic rings. The molecule has 0 atom stereocenters. The Morgan fingerprint density at radius 2 is 1.67 bits per heavy atom. The van der Waals surface area contributed by atoms with Crippen molar-refractivity contribution < 1.29 is 64.4 Å². The van der Waals surface area contributed by atoms with E-state index in [1.165, 1.54) is 25.3 Å². The van der Waals surface area contributed by atoms with Gasteiger partial charge < -0.3 is 24.1 Å². The van der Waals surface area contributed by atoms with Crippen LogP contribution in [0, 0.1) is 12.7 Å². The molecule has 2 amide bonds. The van der Waals surface area contributed by atoms with E-state index in [1.807, 2.05) is 4.72 Å². The number of carbonyl (C=O) groups excluding carboxylic acids is 2. The number of rotatable bonds is 13. The van der Waals surface area contributed by atoms with Gasteiger partial charge in [0.2, 0.25) is 5.95 Å². The highest BCUT2D eigenvalue weighted by Gasteiger charge is 2.39. The Balaban J connectivity index is 0.000000226. The number of fused-ring (bicyclic) bond motifs is 1. The molecule has 358 valence electrons. The van der Waals surface area contributed by atoms with Crippen molar-refractivity contribution in [2.75, 3.05) is 31.5 Å². The number of hydrogen-bond acceptors (Lipinski definition) is 14. The molecule has 0 bridgehead atoms. The zero-order valence-corrected chi connectivity index (χ0v) is 40.0. The Kier molecular flexibility index (Phi) is 18.8. The highest BCUT2D eigenvalue weighted by molar-refractivity contribution is 9.10. The fraction of sp³-hybridized carbons (Fsp3) is 0.250. The van der Waals surface area contributed by atoms with E-state index in [0.717, 1.165) is 24.6 Å². The van der Waals surface area contributed by atoms with Gasteiger partial charge in [-0.3, -0.25) is 15.0 Å². The van der Waals surface area contributed by atoms with Crippen LogP contribution in [0.3, 0.4) is 0 Å². The van der Waals surface area contributed by atoms with E-state index >= 15 is 0 Å². The molecular weight excluding hydrogens is 1050 g/mol. The molecule has 0 saturated heterocycles. The molecule has 0 fully saturated rings. The molecule has 0 unspecified atom stereocenters. The summed E-state index contributed by atoms with van der Waals surface area (Å²) in [6, 6.07) is 13.5. The number of halogens is 8. The summed E-state index contributed by atoms with van der Waals surface area (Å²) < 4.78 is 101. The molecule has 0 saturated carbocycles. The van der Waals surface area contributed by atoms with Crippen molar-refractivity contribution in [3.05, 3.63) is 104 Å². The van der Waals surface area contributed by atoms with Gasteiger partial charge in [0.15, 0.2) is 12.3 Å². The third kappa shape index (κ3) is 14.7. The number of benzene rings is 3. The van der Waals surface area contributed by atoms with Crippen molar-refractivity contribution in [1.29, 1.82) is 0 Å². The molecule has 0 aliphatic carbocycles. The van der Waals surface area contributed by atoms with Crippen molar-refractivity contribution in [2.24, 2.45) is 7.05 Å². The Morgan fingerprint density at radius 1 is 0.970 bits per heavy atom. The van der Waals surface area contributed by atoms with Gasteiger partial charge in [-0.1, -0.05) is 35.3 Å². The maximum atomic E-state index is 14.3. The first kappa shape index (κ1) is 53.5. The van der Waals surface area contributed by atoms with Gasteiger partial charge in [-0.15, -0.1) is 11.6 Å². The van der Waals surface area contributed by atoms with E-state index < -0.39 is 62.9 Å². The first-order valence-electron chi connectivity index (χ1n) is 18.7. The number of sulfonamides is 1. The van der Waals surface area contributed by atoms with Gasteiger partial charge in [0.25, 0.3) is 10.0 Å². The van der Waals surface area contributed by atoms with Gasteiger partial charge in [0, 0.05) is 24.2 Å². The number of pyridine rings is 1. The van der Waals surface area contributed by atoms with Crippen molar-refractivity contribution in [1.82, 2.24) is 34.4 Å². The lowest BCUT2D eigenvalue weighted by Crippen LogP contribution is -2.35. The molecule has 0 radical (unpaired) electrons. The number of ether oxygens (including phenoxy) is 4. The van der Waals surface area contributed by atoms with Gasteiger partial charge in [0.1, 0.15) is 45.9 Å². The Hall–Kier alpha value is -6.08. The van der Waals surface area contributed by atoms with Crippen molar-refractivity contribution in [3.63, 3.8) is 0 Å². The largest absolute Gasteiger partial charge is 0.491 e. The lowest BCUT2D eigenvalue weighted by molar-refractivity contribution is -0.144. The van der Waals surface area contributed by atoms with Gasteiger partial charge in [-0.2, -0.15) is 33.2 Å². The van der Waals surface area contributed by atoms with E-state index in [-0.39, 0.29) is 62.8 Å². The van der Waals surface area contributed by atoms with Crippen molar-refractivity contribution >= 4 is 95.6 Å². The number of alkyl halides is 4. The molecular formula is C40H36BrCl3F4N8O10S. The van der Waals surface area contributed by atoms with Crippen LogP contribution in [0.4, 0.5) is 28.3 Å². The van der Waals surface area contributed by atoms with Crippen molar-refractivity contribution in [3.8, 4) is 28.8 Å². The predicted molar refractivity (Wildman–Crippen MR) is 240 cm³/mol. The van der Waals surface area contributed by atoms with Crippen LogP contribution in [0.2, 0.25) is 10.0 Å². The summed E-state index contributed by atoms with van der Waals surface area (Å²) in [5.41, 5.74) is -1.29. The predicted octanol–water partition coefficient (Wildman–Crippen LogP) is 8.89. The number of urea groups is 1. The maximum absolute atomic E-state index is 14.3. The van der Waals surface area contributed by atoms with Crippen LogP contribution in [-0.4, -0.2) is 93.5 Å². The topological polar surface area (TPSA) is 236 Å². The van der Waals surface area contributed by atoms with Gasteiger partial charge in [-0.05, 0) is 85.2 Å². The van der Waals surface area contributed by atoms with E-state index in [1.54, 1.807) is 57.3 Å². The highest BCUT2D eigenvalue weighted by atomic mass is 79.9. The third-order valence-electron chi connectivity index (χ3n) is 8.00. The van der Waals surface area contributed by atoms with E-state index in [2.05, 4.69) is 46.3 Å². The van der Waals surface area contributed by atoms with Gasteiger partial charge >= 0.3 is 30.2 Å². The molecule has 3 N–H and O–H groups in total. The lowest BCUT2D eigenvalue weighted by atomic mass is 10.1. The summed E-state index contributed by atoms with van der Waals surface area (Å²) in [4.78, 5) is 49.9. The van der Waals surface area contributed by atoms with Gasteiger partial charge in [0.05, 0.1) is 39.2 Å². The van der Waals surface area contributed by atoms with Crippen LogP contribution in [0.1, 0.15) is 35.7 Å². The standard InChI is InChI=1S/C15H12BrClF4N2O2.C14H16ClN5O5S.C11H8ClNO3/c1-6(2)25-14(24)7-4-8(10(18)5-9(7)17)12-11(16)13(15(19,20)21)23(3)22-12;1-9-16-12(19-14(17-9)24-2)18-13(21)20-26(22,23)11-6-4-3-5-10(11)25-8-7-15;12-8-3-4-9(16-6-10(14)15)11-7(8)2-1-5-13-11/h4-6H,1-3H3;3-6H,7-8H2,1-2H3,(H2,16,17,18,19,20,21);1-5H,6H2,(H,14,15). The number of nitrogens with one attached hydrogen (secondary N) is 2. The fourth-order valence-corrected chi connectivity index (χ4v) is 7.71. The first-order valence-corrected chi connectivity index (χ1v) is 22.3. The third-order valence-corrected chi connectivity index (χ3v) is 10.9. The lowest BCUT2D eigenvalue weighted by Gasteiger charge is -2.12. The summed E-state index contributed by atoms with van der Waals surface area (Å²) in [5.74, 6) is -1.96. The molecule has 6 aromatic rings. The quantitative estimate of drug-likeness (QED) is 0.0556. The van der Waals surface area contributed by atoms with Crippen LogP contribution in [0.15, 0.2) is 76.2 Å². The fourth-order valence-electron chi connectivity index (χ4n) is 5.36. The number of amides is 2. The smallest absolute Gasteiger partial charge is 0.434 e. The van der Waals surface area contributed by atoms with Crippen LogP contribution in [-0.2, 0) is 32.8 Å². The number of carboxylic acids is 1. The number of hydrogen-bond donors (Lipinski definition) is 3. The van der Waals surface area contributed by atoms with Crippen molar-refractivity contribution in [2.45, 2.75) is 37.9 Å². The monoisotopic (exact) mass is 1080 g/mol. The molecule has 0 aliphatic heterocycles. The molecule has 3 aromatic heterocycles. The minimum absolute atomic E-state index is 0.0181. The van der Waals surface area contributed by atoms with Crippen LogP contribution in [0.25, 0.3) is 22.2 Å². The van der Waals surface area contributed by atoms with E-state index in [0.29, 0.717) is 21.0 Å². The number of methoxy groups -OCH3 is 1. The Bertz CT molecular complexity index is 2880. The SMILES string of the molecule is CC(C)OC(=O)c1cc(-c2nn(C)c(C(F)(F)F)c2Br)c(F)cc1Cl.COc1nc(C)nc(NC(=O)NS(=O)(=O)c2ccccc2OCCCl)n1.O=C(O)COc1ccc(Cl)c2cccnc12. The minimum atomic E-state index is -4.69. The summed E-state index contributed by atoms with van der Waals surface area (Å²) >= 11 is 20.2. The molecule has 6 rings (SSSR count). The van der Waals surface area contributed by atoms with Crippen LogP contribution < -0.4 is 24.2 Å². The number of aromatic nitrogens is 6. The summed E-state index contributed by atoms with van der Waals surface area (Å²) in [7, 11) is -1.77. The number of carboxylic acid groups (broad SMARTS) is 1. The van der Waals surface area contributed by atoms with E-state index in [9.17, 15) is 40.4 Å². The summed E-state index contributed by atoms with van der Waals surface area (Å²) in [6.07, 6.45) is -3.54. The van der Waals surface area contributed by atoms with Crippen LogP contribution >= 0.6 is 50.7 Å². The zero-order chi connectivity index (χ0) is 49.8. The molecule has 67 heavy (non-hydrogen) atoms.